The molecule has 1 fully saturated rings. The second-order valence-corrected chi connectivity index (χ2v) is 5.70. The fraction of sp³-hybridized carbons (Fsp3) is 1.00. The van der Waals surface area contributed by atoms with Crippen molar-refractivity contribution < 1.29 is 0 Å². The molecule has 0 radical (unpaired) electrons. The van der Waals surface area contributed by atoms with E-state index < -0.39 is 0 Å². The molecule has 1 nitrogen and oxygen atoms in total. The van der Waals surface area contributed by atoms with Crippen LogP contribution >= 0.6 is 0 Å². The lowest BCUT2D eigenvalue weighted by Gasteiger charge is -2.27. The predicted octanol–water partition coefficient (Wildman–Crippen LogP) is 2.76. The highest BCUT2D eigenvalue weighted by Crippen LogP contribution is 2.30. The lowest BCUT2D eigenvalue weighted by Crippen LogP contribution is -2.29. The van der Waals surface area contributed by atoms with Crippen LogP contribution in [0.5, 0.6) is 0 Å². The van der Waals surface area contributed by atoms with Crippen molar-refractivity contribution in [1.82, 2.24) is 4.90 Å². The predicted molar refractivity (Wildman–Crippen MR) is 54.3 cm³/mol. The SMILES string of the molecule is C[C@@H]1C[C@H](CC(C)(C)C)N(C)C1. The van der Waals surface area contributed by atoms with Crippen molar-refractivity contribution in [2.45, 2.75) is 46.6 Å². The third kappa shape index (κ3) is 2.78. The Hall–Kier alpha value is -0.0400. The Bertz CT molecular complexity index is 146. The van der Waals surface area contributed by atoms with Crippen LogP contribution in [0.3, 0.4) is 0 Å². The van der Waals surface area contributed by atoms with Gasteiger partial charge in [0.1, 0.15) is 0 Å². The number of rotatable bonds is 1. The summed E-state index contributed by atoms with van der Waals surface area (Å²) in [6.45, 7) is 10.7. The van der Waals surface area contributed by atoms with Crippen LogP contribution in [-0.2, 0) is 0 Å². The summed E-state index contributed by atoms with van der Waals surface area (Å²) in [5.41, 5.74) is 0.489. The summed E-state index contributed by atoms with van der Waals surface area (Å²) in [4.78, 5) is 2.52. The van der Waals surface area contributed by atoms with Crippen molar-refractivity contribution in [2.75, 3.05) is 13.6 Å². The molecule has 1 heterocycles. The van der Waals surface area contributed by atoms with Crippen LogP contribution in [0.4, 0.5) is 0 Å². The number of hydrogen-bond acceptors (Lipinski definition) is 1. The molecule has 0 unspecified atom stereocenters. The first kappa shape index (κ1) is 10.0. The van der Waals surface area contributed by atoms with E-state index in [0.717, 1.165) is 12.0 Å². The number of likely N-dealkylation sites (tertiary alicyclic amines) is 1. The van der Waals surface area contributed by atoms with Gasteiger partial charge in [0.05, 0.1) is 0 Å². The van der Waals surface area contributed by atoms with Crippen molar-refractivity contribution in [2.24, 2.45) is 11.3 Å². The fourth-order valence-corrected chi connectivity index (χ4v) is 2.31. The van der Waals surface area contributed by atoms with Gasteiger partial charge in [-0.05, 0) is 31.2 Å². The summed E-state index contributed by atoms with van der Waals surface area (Å²) >= 11 is 0. The van der Waals surface area contributed by atoms with Crippen molar-refractivity contribution in [1.29, 1.82) is 0 Å². The van der Waals surface area contributed by atoms with E-state index in [0.29, 0.717) is 5.41 Å². The molecule has 0 aromatic rings. The summed E-state index contributed by atoms with van der Waals surface area (Å²) in [6, 6.07) is 0.833. The summed E-state index contributed by atoms with van der Waals surface area (Å²) < 4.78 is 0. The van der Waals surface area contributed by atoms with Crippen LogP contribution in [0.1, 0.15) is 40.5 Å². The van der Waals surface area contributed by atoms with Crippen molar-refractivity contribution >= 4 is 0 Å². The van der Waals surface area contributed by atoms with E-state index in [1.165, 1.54) is 19.4 Å². The summed E-state index contributed by atoms with van der Waals surface area (Å²) in [5, 5.41) is 0. The molecule has 2 atom stereocenters. The van der Waals surface area contributed by atoms with E-state index in [1.54, 1.807) is 0 Å². The van der Waals surface area contributed by atoms with E-state index in [9.17, 15) is 0 Å². The van der Waals surface area contributed by atoms with Gasteiger partial charge in [-0.15, -0.1) is 0 Å². The van der Waals surface area contributed by atoms with Gasteiger partial charge in [-0.3, -0.25) is 0 Å². The lowest BCUT2D eigenvalue weighted by atomic mass is 9.86. The first-order valence-electron chi connectivity index (χ1n) is 5.09. The first-order valence-corrected chi connectivity index (χ1v) is 5.09. The van der Waals surface area contributed by atoms with Gasteiger partial charge >= 0.3 is 0 Å². The molecule has 1 rings (SSSR count). The Morgan fingerprint density at radius 2 is 1.92 bits per heavy atom. The largest absolute Gasteiger partial charge is 0.303 e. The summed E-state index contributed by atoms with van der Waals surface area (Å²) in [6.07, 6.45) is 2.74. The van der Waals surface area contributed by atoms with Gasteiger partial charge in [-0.2, -0.15) is 0 Å². The molecule has 0 bridgehead atoms. The molecule has 0 aromatic carbocycles. The van der Waals surface area contributed by atoms with Gasteiger partial charge in [0.25, 0.3) is 0 Å². The van der Waals surface area contributed by atoms with E-state index in [4.69, 9.17) is 0 Å². The van der Waals surface area contributed by atoms with Crippen LogP contribution in [0.15, 0.2) is 0 Å². The van der Waals surface area contributed by atoms with E-state index in [-0.39, 0.29) is 0 Å². The Morgan fingerprint density at radius 3 is 2.25 bits per heavy atom. The molecule has 72 valence electrons. The molecule has 0 amide bonds. The molecule has 1 aliphatic rings. The molecular formula is C11H23N. The Morgan fingerprint density at radius 1 is 1.33 bits per heavy atom. The topological polar surface area (TPSA) is 3.24 Å². The van der Waals surface area contributed by atoms with Gasteiger partial charge in [-0.25, -0.2) is 0 Å². The third-order valence-electron chi connectivity index (χ3n) is 2.75. The maximum Gasteiger partial charge on any atom is 0.0100 e. The average Bonchev–Trinajstić information content (AvgIpc) is 2.06. The highest BCUT2D eigenvalue weighted by Gasteiger charge is 2.29. The van der Waals surface area contributed by atoms with Crippen molar-refractivity contribution in [3.05, 3.63) is 0 Å². The molecule has 1 aliphatic heterocycles. The van der Waals surface area contributed by atoms with Crippen LogP contribution < -0.4 is 0 Å². The lowest BCUT2D eigenvalue weighted by molar-refractivity contribution is 0.223. The molecule has 1 heteroatoms. The molecule has 0 spiro atoms. The second-order valence-electron chi connectivity index (χ2n) is 5.70. The van der Waals surface area contributed by atoms with Crippen LogP contribution in [0.25, 0.3) is 0 Å². The monoisotopic (exact) mass is 169 g/mol. The maximum absolute atomic E-state index is 2.52. The Labute approximate surface area is 77.1 Å². The quantitative estimate of drug-likeness (QED) is 0.583. The van der Waals surface area contributed by atoms with Gasteiger partial charge in [0.15, 0.2) is 0 Å². The summed E-state index contributed by atoms with van der Waals surface area (Å²) in [7, 11) is 2.26. The zero-order chi connectivity index (χ0) is 9.35. The minimum atomic E-state index is 0.489. The zero-order valence-corrected chi connectivity index (χ0v) is 9.22. The average molecular weight is 169 g/mol. The molecule has 0 saturated carbocycles. The number of hydrogen-bond donors (Lipinski definition) is 0. The Kier molecular flexibility index (Phi) is 2.82. The third-order valence-corrected chi connectivity index (χ3v) is 2.75. The van der Waals surface area contributed by atoms with Gasteiger partial charge in [0.2, 0.25) is 0 Å². The molecular weight excluding hydrogens is 146 g/mol. The second kappa shape index (κ2) is 3.37. The van der Waals surface area contributed by atoms with Crippen molar-refractivity contribution in [3.63, 3.8) is 0 Å². The Balaban J connectivity index is 2.43. The van der Waals surface area contributed by atoms with Crippen molar-refractivity contribution in [3.8, 4) is 0 Å². The zero-order valence-electron chi connectivity index (χ0n) is 9.22. The van der Waals surface area contributed by atoms with E-state index in [1.807, 2.05) is 0 Å². The highest BCUT2D eigenvalue weighted by molar-refractivity contribution is 4.84. The molecule has 1 saturated heterocycles. The van der Waals surface area contributed by atoms with Gasteiger partial charge in [-0.1, -0.05) is 27.7 Å². The van der Waals surface area contributed by atoms with Gasteiger partial charge < -0.3 is 4.90 Å². The standard InChI is InChI=1S/C11H23N/c1-9-6-10(12(5)8-9)7-11(2,3)4/h9-10H,6-8H2,1-5H3/t9-,10-/m1/s1. The van der Waals surface area contributed by atoms with Gasteiger partial charge in [0, 0.05) is 12.6 Å². The molecule has 12 heavy (non-hydrogen) atoms. The highest BCUT2D eigenvalue weighted by atomic mass is 15.2. The normalized spacial score (nSPS) is 32.8. The maximum atomic E-state index is 2.52. The van der Waals surface area contributed by atoms with E-state index >= 15 is 0 Å². The smallest absolute Gasteiger partial charge is 0.0100 e. The molecule has 0 aliphatic carbocycles. The molecule has 0 aromatic heterocycles. The van der Waals surface area contributed by atoms with Crippen LogP contribution in [0.2, 0.25) is 0 Å². The van der Waals surface area contributed by atoms with E-state index in [2.05, 4.69) is 39.6 Å². The minimum absolute atomic E-state index is 0.489. The first-order chi connectivity index (χ1) is 5.38. The summed E-state index contributed by atoms with van der Waals surface area (Å²) in [5.74, 6) is 0.905. The fourth-order valence-electron chi connectivity index (χ4n) is 2.31. The van der Waals surface area contributed by atoms with Crippen LogP contribution in [-0.4, -0.2) is 24.5 Å². The number of nitrogens with zero attached hydrogens (tertiary/aromatic N) is 1. The van der Waals surface area contributed by atoms with Crippen LogP contribution in [0, 0.1) is 11.3 Å². The minimum Gasteiger partial charge on any atom is -0.303 e. The molecule has 0 N–H and O–H groups in total.